The van der Waals surface area contributed by atoms with Crippen LogP contribution in [-0.4, -0.2) is 36.7 Å². The lowest BCUT2D eigenvalue weighted by Gasteiger charge is -2.15. The molecule has 2 N–H and O–H groups in total. The summed E-state index contributed by atoms with van der Waals surface area (Å²) in [6.07, 6.45) is 0.455. The second-order valence-electron chi connectivity index (χ2n) is 6.04. The number of carboxylic acids is 1. The van der Waals surface area contributed by atoms with Crippen LogP contribution in [-0.2, 0) is 6.42 Å². The molecule has 0 fully saturated rings. The van der Waals surface area contributed by atoms with Crippen LogP contribution < -0.4 is 14.8 Å². The molecule has 0 aliphatic carbocycles. The standard InChI is InChI=1S/C20H23NO5/c1-13(2)26-18-12-16(25-3)7-8-17(18)19(22)21-10-9-14-5-4-6-15(11-14)20(23)24/h4-8,11-13H,9-10H2,1-3H3,(H,21,22)(H,23,24). The largest absolute Gasteiger partial charge is 0.497 e. The van der Waals surface area contributed by atoms with Crippen LogP contribution in [0.2, 0.25) is 0 Å². The van der Waals surface area contributed by atoms with Crippen molar-refractivity contribution in [3.63, 3.8) is 0 Å². The highest BCUT2D eigenvalue weighted by Gasteiger charge is 2.15. The Morgan fingerprint density at radius 3 is 2.58 bits per heavy atom. The van der Waals surface area contributed by atoms with E-state index in [1.165, 1.54) is 6.07 Å². The maximum Gasteiger partial charge on any atom is 0.335 e. The van der Waals surface area contributed by atoms with Crippen molar-refractivity contribution in [1.82, 2.24) is 5.32 Å². The molecule has 1 amide bonds. The van der Waals surface area contributed by atoms with E-state index in [1.54, 1.807) is 37.4 Å². The number of carboxylic acid groups (broad SMARTS) is 1. The van der Waals surface area contributed by atoms with Crippen molar-refractivity contribution in [3.05, 3.63) is 59.2 Å². The Balaban J connectivity index is 2.03. The van der Waals surface area contributed by atoms with E-state index in [0.29, 0.717) is 30.0 Å². The van der Waals surface area contributed by atoms with Crippen molar-refractivity contribution in [2.75, 3.05) is 13.7 Å². The van der Waals surface area contributed by atoms with Gasteiger partial charge in [0.05, 0.1) is 24.3 Å². The molecule has 0 spiro atoms. The van der Waals surface area contributed by atoms with E-state index < -0.39 is 5.97 Å². The van der Waals surface area contributed by atoms with E-state index in [2.05, 4.69) is 5.32 Å². The van der Waals surface area contributed by atoms with E-state index in [9.17, 15) is 9.59 Å². The minimum Gasteiger partial charge on any atom is -0.497 e. The zero-order valence-electron chi connectivity index (χ0n) is 15.1. The van der Waals surface area contributed by atoms with Crippen LogP contribution in [0.3, 0.4) is 0 Å². The number of carbonyl (C=O) groups is 2. The van der Waals surface area contributed by atoms with Gasteiger partial charge in [0.15, 0.2) is 0 Å². The van der Waals surface area contributed by atoms with Crippen LogP contribution in [0.1, 0.15) is 40.1 Å². The molecule has 2 aromatic carbocycles. The summed E-state index contributed by atoms with van der Waals surface area (Å²) in [7, 11) is 1.56. The van der Waals surface area contributed by atoms with Gasteiger partial charge in [-0.15, -0.1) is 0 Å². The molecule has 2 rings (SSSR count). The van der Waals surface area contributed by atoms with Crippen LogP contribution >= 0.6 is 0 Å². The summed E-state index contributed by atoms with van der Waals surface area (Å²) in [4.78, 5) is 23.5. The predicted molar refractivity (Wildman–Crippen MR) is 98.2 cm³/mol. The second kappa shape index (κ2) is 8.89. The molecular weight excluding hydrogens is 334 g/mol. The molecule has 6 heteroatoms. The third kappa shape index (κ3) is 5.24. The van der Waals surface area contributed by atoms with Crippen LogP contribution in [0, 0.1) is 0 Å². The van der Waals surface area contributed by atoms with Gasteiger partial charge in [0.2, 0.25) is 0 Å². The lowest BCUT2D eigenvalue weighted by Crippen LogP contribution is -2.26. The summed E-state index contributed by atoms with van der Waals surface area (Å²) < 4.78 is 10.9. The average molecular weight is 357 g/mol. The Morgan fingerprint density at radius 2 is 1.92 bits per heavy atom. The zero-order chi connectivity index (χ0) is 19.1. The number of methoxy groups -OCH3 is 1. The minimum absolute atomic E-state index is 0.0765. The Labute approximate surface area is 152 Å². The molecule has 0 bridgehead atoms. The molecule has 26 heavy (non-hydrogen) atoms. The molecule has 0 saturated heterocycles. The van der Waals surface area contributed by atoms with Gasteiger partial charge in [0.25, 0.3) is 5.91 Å². The third-order valence-corrected chi connectivity index (χ3v) is 3.67. The molecule has 0 aliphatic rings. The molecule has 0 saturated carbocycles. The zero-order valence-corrected chi connectivity index (χ0v) is 15.1. The Bertz CT molecular complexity index is 786. The van der Waals surface area contributed by atoms with Gasteiger partial charge in [-0.1, -0.05) is 12.1 Å². The molecule has 0 unspecified atom stereocenters. The lowest BCUT2D eigenvalue weighted by molar-refractivity contribution is 0.0696. The van der Waals surface area contributed by atoms with E-state index >= 15 is 0 Å². The third-order valence-electron chi connectivity index (χ3n) is 3.67. The summed E-state index contributed by atoms with van der Waals surface area (Å²) in [5.74, 6) is -0.144. The Hall–Kier alpha value is -3.02. The topological polar surface area (TPSA) is 84.9 Å². The molecule has 0 aliphatic heterocycles. The first-order chi connectivity index (χ1) is 12.4. The van der Waals surface area contributed by atoms with Crippen LogP contribution in [0.25, 0.3) is 0 Å². The highest BCUT2D eigenvalue weighted by molar-refractivity contribution is 5.97. The van der Waals surface area contributed by atoms with E-state index in [-0.39, 0.29) is 17.6 Å². The van der Waals surface area contributed by atoms with Gasteiger partial charge < -0.3 is 19.9 Å². The second-order valence-corrected chi connectivity index (χ2v) is 6.04. The SMILES string of the molecule is COc1ccc(C(=O)NCCc2cccc(C(=O)O)c2)c(OC(C)C)c1. The van der Waals surface area contributed by atoms with Gasteiger partial charge >= 0.3 is 5.97 Å². The molecule has 0 radical (unpaired) electrons. The van der Waals surface area contributed by atoms with E-state index in [0.717, 1.165) is 5.56 Å². The summed E-state index contributed by atoms with van der Waals surface area (Å²) in [5, 5.41) is 11.9. The Morgan fingerprint density at radius 1 is 1.15 bits per heavy atom. The summed E-state index contributed by atoms with van der Waals surface area (Å²) >= 11 is 0. The molecule has 6 nitrogen and oxygen atoms in total. The average Bonchev–Trinajstić information content (AvgIpc) is 2.61. The van der Waals surface area contributed by atoms with Crippen molar-refractivity contribution in [2.45, 2.75) is 26.4 Å². The molecule has 0 heterocycles. The van der Waals surface area contributed by atoms with Gasteiger partial charge in [-0.05, 0) is 50.1 Å². The smallest absolute Gasteiger partial charge is 0.335 e. The number of rotatable bonds is 8. The normalized spacial score (nSPS) is 10.5. The van der Waals surface area contributed by atoms with Gasteiger partial charge in [0, 0.05) is 12.6 Å². The monoisotopic (exact) mass is 357 g/mol. The number of aromatic carboxylic acids is 1. The highest BCUT2D eigenvalue weighted by Crippen LogP contribution is 2.25. The molecule has 138 valence electrons. The minimum atomic E-state index is -0.968. The number of ether oxygens (including phenoxy) is 2. The summed E-state index contributed by atoms with van der Waals surface area (Å²) in [6.45, 7) is 4.16. The number of hydrogen-bond donors (Lipinski definition) is 2. The first-order valence-electron chi connectivity index (χ1n) is 8.36. The number of amides is 1. The fraction of sp³-hybridized carbons (Fsp3) is 0.300. The summed E-state index contributed by atoms with van der Waals surface area (Å²) in [5.41, 5.74) is 1.51. The van der Waals surface area contributed by atoms with Crippen molar-refractivity contribution in [1.29, 1.82) is 0 Å². The first-order valence-corrected chi connectivity index (χ1v) is 8.36. The van der Waals surface area contributed by atoms with Crippen LogP contribution in [0.15, 0.2) is 42.5 Å². The van der Waals surface area contributed by atoms with Crippen LogP contribution in [0.4, 0.5) is 0 Å². The van der Waals surface area contributed by atoms with Crippen molar-refractivity contribution in [3.8, 4) is 11.5 Å². The maximum atomic E-state index is 12.5. The van der Waals surface area contributed by atoms with Gasteiger partial charge in [-0.2, -0.15) is 0 Å². The van der Waals surface area contributed by atoms with Crippen molar-refractivity contribution in [2.24, 2.45) is 0 Å². The quantitative estimate of drug-likeness (QED) is 0.758. The predicted octanol–water partition coefficient (Wildman–Crippen LogP) is 3.15. The molecule has 2 aromatic rings. The van der Waals surface area contributed by atoms with Gasteiger partial charge in [0.1, 0.15) is 11.5 Å². The van der Waals surface area contributed by atoms with E-state index in [4.69, 9.17) is 14.6 Å². The fourth-order valence-corrected chi connectivity index (χ4v) is 2.44. The number of nitrogens with one attached hydrogen (secondary N) is 1. The highest BCUT2D eigenvalue weighted by atomic mass is 16.5. The molecule has 0 atom stereocenters. The first kappa shape index (κ1) is 19.3. The number of benzene rings is 2. The van der Waals surface area contributed by atoms with Crippen molar-refractivity contribution < 1.29 is 24.2 Å². The number of hydrogen-bond acceptors (Lipinski definition) is 4. The van der Waals surface area contributed by atoms with Gasteiger partial charge in [-0.3, -0.25) is 4.79 Å². The van der Waals surface area contributed by atoms with Gasteiger partial charge in [-0.25, -0.2) is 4.79 Å². The summed E-state index contributed by atoms with van der Waals surface area (Å²) in [6, 6.07) is 11.7. The Kier molecular flexibility index (Phi) is 6.60. The fourth-order valence-electron chi connectivity index (χ4n) is 2.44. The van der Waals surface area contributed by atoms with Crippen molar-refractivity contribution >= 4 is 11.9 Å². The van der Waals surface area contributed by atoms with E-state index in [1.807, 2.05) is 19.9 Å². The maximum absolute atomic E-state index is 12.5. The molecular formula is C20H23NO5. The van der Waals surface area contributed by atoms with Crippen LogP contribution in [0.5, 0.6) is 11.5 Å². The molecule has 0 aromatic heterocycles. The lowest BCUT2D eigenvalue weighted by atomic mass is 10.1. The number of carbonyl (C=O) groups excluding carboxylic acids is 1.